The quantitative estimate of drug-likeness (QED) is 0.0819. The van der Waals surface area contributed by atoms with Crippen LogP contribution in [-0.2, 0) is 56.6 Å². The van der Waals surface area contributed by atoms with E-state index < -0.39 is 90.7 Å². The average Bonchev–Trinajstić information content (AvgIpc) is 3.13. The van der Waals surface area contributed by atoms with E-state index in [9.17, 15) is 9.59 Å². The summed E-state index contributed by atoms with van der Waals surface area (Å²) in [6.45, 7) is 10.4. The number of fused-ring (bicyclic) bond motifs is 1. The Bertz CT molecular complexity index is 1410. The maximum atomic E-state index is 13.8. The molecule has 0 radical (unpaired) electrons. The van der Waals surface area contributed by atoms with Crippen molar-refractivity contribution >= 4 is 61.0 Å². The summed E-state index contributed by atoms with van der Waals surface area (Å²) in [5, 5.41) is 8.23. The molecule has 3 aliphatic rings. The van der Waals surface area contributed by atoms with Crippen molar-refractivity contribution < 1.29 is 66.1 Å². The molecule has 0 amide bonds. The van der Waals surface area contributed by atoms with Gasteiger partial charge in [-0.25, -0.2) is 4.79 Å². The largest absolute Gasteiger partial charge is 0.497 e. The molecule has 0 aliphatic carbocycles. The van der Waals surface area contributed by atoms with Crippen LogP contribution in [0.5, 0.6) is 5.75 Å². The highest BCUT2D eigenvalue weighted by Gasteiger charge is 2.62. The number of esters is 2. The minimum absolute atomic E-state index is 0.104. The summed E-state index contributed by atoms with van der Waals surface area (Å²) in [5.74, 6) is -4.59. The van der Waals surface area contributed by atoms with E-state index in [1.807, 2.05) is 0 Å². The number of halogens is 3. The molecular weight excluding hydrogens is 781 g/mol. The zero-order chi connectivity index (χ0) is 39.4. The molecular formula is C34H50Cl3NO14Si. The maximum Gasteiger partial charge on any atom is 0.338 e. The van der Waals surface area contributed by atoms with E-state index in [2.05, 4.69) is 20.8 Å². The first-order valence-electron chi connectivity index (χ1n) is 17.3. The van der Waals surface area contributed by atoms with Crippen molar-refractivity contribution in [1.82, 2.24) is 0 Å². The molecule has 0 saturated carbocycles. The van der Waals surface area contributed by atoms with Crippen LogP contribution in [0, 0.1) is 5.41 Å². The van der Waals surface area contributed by atoms with Gasteiger partial charge in [-0.15, -0.1) is 0 Å². The summed E-state index contributed by atoms with van der Waals surface area (Å²) in [6, 6.07) is 8.62. The van der Waals surface area contributed by atoms with Gasteiger partial charge in [0.25, 0.3) is 3.79 Å². The maximum absolute atomic E-state index is 13.8. The Morgan fingerprint density at radius 2 is 1.43 bits per heavy atom. The molecule has 0 aromatic heterocycles. The third-order valence-corrected chi connectivity index (χ3v) is 15.3. The minimum Gasteiger partial charge on any atom is -0.497 e. The van der Waals surface area contributed by atoms with Crippen molar-refractivity contribution in [3.8, 4) is 5.75 Å². The SMILES string of the molecule is CC[Si](CC)(CC)O[C@H]1COC(OC(=N)C(Cl)(Cl)Cl)[C@H](OC(C)=O)[C@H]1O[C@@H]1OC[C@H]2OC(C)(OC)C(C)(OC)O[C@@H]2[C@H]1OC(=O)c1ccc(OC)cc1. The average molecular weight is 831 g/mol. The van der Waals surface area contributed by atoms with Gasteiger partial charge in [-0.3, -0.25) is 10.2 Å². The van der Waals surface area contributed by atoms with Gasteiger partial charge in [0.2, 0.25) is 23.8 Å². The highest BCUT2D eigenvalue weighted by atomic mass is 35.6. The number of alkyl halides is 3. The van der Waals surface area contributed by atoms with Crippen molar-refractivity contribution in [3.63, 3.8) is 0 Å². The second kappa shape index (κ2) is 18.0. The van der Waals surface area contributed by atoms with Crippen molar-refractivity contribution in [3.05, 3.63) is 29.8 Å². The highest BCUT2D eigenvalue weighted by Crippen LogP contribution is 2.44. The molecule has 1 aromatic carbocycles. The van der Waals surface area contributed by atoms with Gasteiger partial charge in [-0.05, 0) is 56.2 Å². The Morgan fingerprint density at radius 3 is 1.96 bits per heavy atom. The molecule has 0 bridgehead atoms. The van der Waals surface area contributed by atoms with Crippen molar-refractivity contribution in [2.45, 2.75) is 124 Å². The van der Waals surface area contributed by atoms with Gasteiger partial charge in [-0.2, -0.15) is 0 Å². The Hall–Kier alpha value is -1.80. The topological polar surface area (TPSA) is 169 Å². The molecule has 3 aliphatic heterocycles. The van der Waals surface area contributed by atoms with E-state index >= 15 is 0 Å². The Balaban J connectivity index is 1.78. The molecule has 4 rings (SSSR count). The van der Waals surface area contributed by atoms with Gasteiger partial charge in [0, 0.05) is 21.1 Å². The Labute approximate surface area is 325 Å². The molecule has 3 saturated heterocycles. The predicted molar refractivity (Wildman–Crippen MR) is 194 cm³/mol. The smallest absolute Gasteiger partial charge is 0.338 e. The lowest BCUT2D eigenvalue weighted by Gasteiger charge is -2.55. The predicted octanol–water partition coefficient (Wildman–Crippen LogP) is 5.51. The van der Waals surface area contributed by atoms with E-state index in [0.717, 1.165) is 18.1 Å². The van der Waals surface area contributed by atoms with Gasteiger partial charge in [0.1, 0.15) is 24.1 Å². The lowest BCUT2D eigenvalue weighted by molar-refractivity contribution is -0.472. The second-order valence-electron chi connectivity index (χ2n) is 13.1. The number of hydrogen-bond acceptors (Lipinski definition) is 15. The van der Waals surface area contributed by atoms with E-state index in [1.54, 1.807) is 38.1 Å². The summed E-state index contributed by atoms with van der Waals surface area (Å²) in [6.07, 6.45) is -9.46. The van der Waals surface area contributed by atoms with Crippen molar-refractivity contribution in [1.29, 1.82) is 5.41 Å². The van der Waals surface area contributed by atoms with Crippen LogP contribution in [0.1, 0.15) is 51.9 Å². The first-order valence-corrected chi connectivity index (χ1v) is 21.0. The molecule has 0 spiro atoms. The number of benzene rings is 1. The van der Waals surface area contributed by atoms with Gasteiger partial charge >= 0.3 is 11.9 Å². The van der Waals surface area contributed by atoms with Gasteiger partial charge in [-0.1, -0.05) is 55.6 Å². The molecule has 10 atom stereocenters. The number of rotatable bonds is 14. The number of nitrogens with one attached hydrogen (secondary N) is 1. The second-order valence-corrected chi connectivity index (χ2v) is 20.1. The summed E-state index contributed by atoms with van der Waals surface area (Å²) >= 11 is 17.8. The molecule has 1 aromatic rings. The molecule has 300 valence electrons. The lowest BCUT2D eigenvalue weighted by atomic mass is 9.97. The van der Waals surface area contributed by atoms with Crippen molar-refractivity contribution in [2.75, 3.05) is 34.5 Å². The Morgan fingerprint density at radius 1 is 0.849 bits per heavy atom. The first kappa shape index (κ1) is 43.9. The summed E-state index contributed by atoms with van der Waals surface area (Å²) in [5.41, 5.74) is 0.202. The number of hydrogen-bond donors (Lipinski definition) is 1. The van der Waals surface area contributed by atoms with Crippen LogP contribution < -0.4 is 4.74 Å². The van der Waals surface area contributed by atoms with E-state index in [-0.39, 0.29) is 18.8 Å². The standard InChI is InChI=1S/C34H50Cl3NO14Si/c1-10-53(11-2,12-3)52-23-18-45-30(49-31(38)34(35,36)37)26(46-19(4)39)24(23)48-29-27(47-28(40)20-13-15-21(41-7)16-14-20)25-22(17-44-29)50-32(5,42-8)33(6,43-9)51-25/h13-16,22-27,29-30,38H,10-12,17-18H2,1-9H3/t22-,23+,24+,25+,26-,27-,29+,30?,32?,33?/m1/s1. The zero-order valence-electron chi connectivity index (χ0n) is 31.3. The fourth-order valence-corrected chi connectivity index (χ4v) is 9.44. The number of carbonyl (C=O) groups excluding carboxylic acids is 2. The summed E-state index contributed by atoms with van der Waals surface area (Å²) < 4.78 is 70.7. The molecule has 3 fully saturated rings. The van der Waals surface area contributed by atoms with Crippen LogP contribution in [0.15, 0.2) is 24.3 Å². The fraction of sp³-hybridized carbons (Fsp3) is 0.735. The van der Waals surface area contributed by atoms with Gasteiger partial charge < -0.3 is 56.5 Å². The van der Waals surface area contributed by atoms with Crippen LogP contribution >= 0.6 is 34.8 Å². The molecule has 1 N–H and O–H groups in total. The molecule has 15 nitrogen and oxygen atoms in total. The number of ether oxygens (including phenoxy) is 11. The number of carbonyl (C=O) groups is 2. The monoisotopic (exact) mass is 829 g/mol. The van der Waals surface area contributed by atoms with Gasteiger partial charge in [0.05, 0.1) is 32.0 Å². The van der Waals surface area contributed by atoms with Crippen LogP contribution in [0.4, 0.5) is 0 Å². The molecule has 3 unspecified atom stereocenters. The highest BCUT2D eigenvalue weighted by molar-refractivity contribution is 6.76. The minimum atomic E-state index is -2.39. The lowest BCUT2D eigenvalue weighted by Crippen LogP contribution is -2.72. The van der Waals surface area contributed by atoms with Gasteiger partial charge in [0.15, 0.2) is 26.8 Å². The van der Waals surface area contributed by atoms with E-state index in [0.29, 0.717) is 5.75 Å². The van der Waals surface area contributed by atoms with Crippen LogP contribution in [0.3, 0.4) is 0 Å². The first-order chi connectivity index (χ1) is 24.9. The van der Waals surface area contributed by atoms with Crippen LogP contribution in [0.2, 0.25) is 18.1 Å². The van der Waals surface area contributed by atoms with Crippen LogP contribution in [0.25, 0.3) is 0 Å². The molecule has 19 heteroatoms. The summed E-state index contributed by atoms with van der Waals surface area (Å²) in [7, 11) is 2.00. The normalized spacial score (nSPS) is 33.4. The van der Waals surface area contributed by atoms with E-state index in [4.69, 9.17) is 96.7 Å². The van der Waals surface area contributed by atoms with E-state index in [1.165, 1.54) is 28.3 Å². The third-order valence-electron chi connectivity index (χ3n) is 10.1. The summed E-state index contributed by atoms with van der Waals surface area (Å²) in [4.78, 5) is 26.4. The molecule has 3 heterocycles. The molecule has 53 heavy (non-hydrogen) atoms. The number of methoxy groups -OCH3 is 3. The Kier molecular flexibility index (Phi) is 14.9. The van der Waals surface area contributed by atoms with Crippen molar-refractivity contribution in [2.24, 2.45) is 0 Å². The zero-order valence-corrected chi connectivity index (χ0v) is 34.6. The van der Waals surface area contributed by atoms with Crippen LogP contribution in [-0.4, -0.2) is 125 Å². The third kappa shape index (κ3) is 9.78. The fourth-order valence-electron chi connectivity index (χ4n) is 6.46.